The Kier molecular flexibility index (Phi) is 4.97. The molecule has 5 nitrogen and oxygen atoms in total. The van der Waals surface area contributed by atoms with Gasteiger partial charge < -0.3 is 5.32 Å². The number of nitrogens with one attached hydrogen (secondary N) is 1. The molecular formula is C17H16ClN3O2S. The van der Waals surface area contributed by atoms with Crippen LogP contribution in [0.1, 0.15) is 24.9 Å². The average molecular weight is 362 g/mol. The summed E-state index contributed by atoms with van der Waals surface area (Å²) in [5.74, 6) is -0.139. The molecule has 0 aliphatic heterocycles. The van der Waals surface area contributed by atoms with Crippen molar-refractivity contribution in [1.29, 1.82) is 0 Å². The molecule has 2 heterocycles. The number of benzene rings is 1. The highest BCUT2D eigenvalue weighted by Crippen LogP contribution is 2.22. The van der Waals surface area contributed by atoms with E-state index in [1.54, 1.807) is 12.1 Å². The van der Waals surface area contributed by atoms with Gasteiger partial charge in [-0.05, 0) is 30.0 Å². The van der Waals surface area contributed by atoms with Gasteiger partial charge in [0.25, 0.3) is 5.56 Å². The van der Waals surface area contributed by atoms with E-state index in [2.05, 4.69) is 10.3 Å². The van der Waals surface area contributed by atoms with Gasteiger partial charge in [0, 0.05) is 18.0 Å². The molecule has 0 aliphatic carbocycles. The van der Waals surface area contributed by atoms with Crippen LogP contribution in [0.5, 0.6) is 0 Å². The number of hydrogen-bond donors (Lipinski definition) is 1. The molecule has 124 valence electrons. The Morgan fingerprint density at radius 1 is 1.38 bits per heavy atom. The average Bonchev–Trinajstić information content (AvgIpc) is 3.04. The molecule has 0 unspecified atom stereocenters. The van der Waals surface area contributed by atoms with Gasteiger partial charge in [0.05, 0.1) is 17.8 Å². The van der Waals surface area contributed by atoms with Crippen LogP contribution < -0.4 is 10.9 Å². The van der Waals surface area contributed by atoms with Crippen molar-refractivity contribution in [2.75, 3.05) is 0 Å². The molecule has 0 bridgehead atoms. The topological polar surface area (TPSA) is 64.0 Å². The lowest BCUT2D eigenvalue weighted by molar-refractivity contribution is -0.121. The number of carbonyl (C=O) groups excluding carboxylic acids is 1. The quantitative estimate of drug-likeness (QED) is 0.757. The van der Waals surface area contributed by atoms with Crippen LogP contribution in [0.15, 0.2) is 46.8 Å². The Hall–Kier alpha value is -2.18. The van der Waals surface area contributed by atoms with Gasteiger partial charge in [0.15, 0.2) is 0 Å². The van der Waals surface area contributed by atoms with Crippen molar-refractivity contribution >= 4 is 39.1 Å². The number of hydrogen-bond acceptors (Lipinski definition) is 4. The number of nitrogens with zero attached hydrogens (tertiary/aromatic N) is 2. The molecule has 1 atom stereocenters. The van der Waals surface area contributed by atoms with Gasteiger partial charge >= 0.3 is 0 Å². The fourth-order valence-electron chi connectivity index (χ4n) is 2.49. The second kappa shape index (κ2) is 7.15. The first-order valence-electron chi connectivity index (χ1n) is 7.52. The third-order valence-electron chi connectivity index (χ3n) is 3.78. The van der Waals surface area contributed by atoms with Gasteiger partial charge in [0.1, 0.15) is 4.83 Å². The maximum Gasteiger partial charge on any atom is 0.262 e. The molecular weight excluding hydrogens is 346 g/mol. The van der Waals surface area contributed by atoms with Crippen molar-refractivity contribution < 1.29 is 4.79 Å². The maximum atomic E-state index is 12.3. The van der Waals surface area contributed by atoms with E-state index in [-0.39, 0.29) is 23.9 Å². The van der Waals surface area contributed by atoms with Crippen LogP contribution in [0.4, 0.5) is 0 Å². The van der Waals surface area contributed by atoms with Crippen molar-refractivity contribution in [2.24, 2.45) is 0 Å². The number of carbonyl (C=O) groups is 1. The first kappa shape index (κ1) is 16.7. The first-order valence-corrected chi connectivity index (χ1v) is 8.78. The number of fused-ring (bicyclic) bond motifs is 1. The van der Waals surface area contributed by atoms with Crippen LogP contribution in [-0.4, -0.2) is 15.5 Å². The summed E-state index contributed by atoms with van der Waals surface area (Å²) < 4.78 is 1.47. The zero-order valence-electron chi connectivity index (χ0n) is 13.0. The largest absolute Gasteiger partial charge is 0.349 e. The molecule has 3 rings (SSSR count). The molecule has 0 aliphatic rings. The highest BCUT2D eigenvalue weighted by atomic mass is 35.5. The van der Waals surface area contributed by atoms with E-state index < -0.39 is 0 Å². The summed E-state index contributed by atoms with van der Waals surface area (Å²) in [4.78, 5) is 29.4. The SMILES string of the molecule is C[C@@H](NC(=O)CCn1cnc2sccc2c1=O)c1ccccc1Cl. The molecule has 7 heteroatoms. The van der Waals surface area contributed by atoms with E-state index in [0.717, 1.165) is 5.56 Å². The molecule has 0 saturated heterocycles. The van der Waals surface area contributed by atoms with E-state index >= 15 is 0 Å². The molecule has 1 aromatic carbocycles. The normalized spacial score (nSPS) is 12.2. The van der Waals surface area contributed by atoms with Crippen LogP contribution in [0.3, 0.4) is 0 Å². The minimum atomic E-state index is -0.194. The van der Waals surface area contributed by atoms with Gasteiger partial charge in [-0.25, -0.2) is 4.98 Å². The van der Waals surface area contributed by atoms with Gasteiger partial charge in [-0.3, -0.25) is 14.2 Å². The van der Waals surface area contributed by atoms with Crippen LogP contribution >= 0.6 is 22.9 Å². The predicted octanol–water partition coefficient (Wildman–Crippen LogP) is 3.38. The van der Waals surface area contributed by atoms with Crippen LogP contribution in [0.25, 0.3) is 10.2 Å². The summed E-state index contributed by atoms with van der Waals surface area (Å²) in [6, 6.07) is 8.96. The van der Waals surface area contributed by atoms with Crippen molar-refractivity contribution in [3.63, 3.8) is 0 Å². The molecule has 0 saturated carbocycles. The minimum absolute atomic E-state index is 0.117. The van der Waals surface area contributed by atoms with Crippen LogP contribution in [-0.2, 0) is 11.3 Å². The van der Waals surface area contributed by atoms with Crippen molar-refractivity contribution in [3.05, 3.63) is 63.0 Å². The van der Waals surface area contributed by atoms with Gasteiger partial charge in [-0.1, -0.05) is 29.8 Å². The molecule has 3 aromatic rings. The third-order valence-corrected chi connectivity index (χ3v) is 4.94. The monoisotopic (exact) mass is 361 g/mol. The Balaban J connectivity index is 1.64. The smallest absolute Gasteiger partial charge is 0.262 e. The lowest BCUT2D eigenvalue weighted by atomic mass is 10.1. The zero-order chi connectivity index (χ0) is 17.1. The Morgan fingerprint density at radius 2 is 2.17 bits per heavy atom. The number of rotatable bonds is 5. The maximum absolute atomic E-state index is 12.3. The number of aryl methyl sites for hydroxylation is 1. The molecule has 1 amide bonds. The molecule has 1 N–H and O–H groups in total. The summed E-state index contributed by atoms with van der Waals surface area (Å²) in [7, 11) is 0. The van der Waals surface area contributed by atoms with Gasteiger partial charge in [0.2, 0.25) is 5.91 Å². The standard InChI is InChI=1S/C17H16ClN3O2S/c1-11(12-4-2-3-5-14(12)18)20-15(22)6-8-21-10-19-16-13(17(21)23)7-9-24-16/h2-5,7,9-11H,6,8H2,1H3,(H,20,22)/t11-/m1/s1. The Bertz CT molecular complexity index is 935. The Morgan fingerprint density at radius 3 is 2.96 bits per heavy atom. The Labute approximate surface area is 147 Å². The summed E-state index contributed by atoms with van der Waals surface area (Å²) in [6.45, 7) is 2.17. The van der Waals surface area contributed by atoms with Crippen LogP contribution in [0, 0.1) is 0 Å². The van der Waals surface area contributed by atoms with E-state index in [9.17, 15) is 9.59 Å². The fraction of sp³-hybridized carbons (Fsp3) is 0.235. The summed E-state index contributed by atoms with van der Waals surface area (Å²) in [5, 5.41) is 5.95. The third kappa shape index (κ3) is 3.49. The molecule has 2 aromatic heterocycles. The molecule has 0 fully saturated rings. The fourth-order valence-corrected chi connectivity index (χ4v) is 3.51. The summed E-state index contributed by atoms with van der Waals surface area (Å²) >= 11 is 7.56. The number of thiophene rings is 1. The van der Waals surface area contributed by atoms with Crippen molar-refractivity contribution in [2.45, 2.75) is 25.9 Å². The predicted molar refractivity (Wildman–Crippen MR) is 96.5 cm³/mol. The highest BCUT2D eigenvalue weighted by molar-refractivity contribution is 7.16. The molecule has 24 heavy (non-hydrogen) atoms. The highest BCUT2D eigenvalue weighted by Gasteiger charge is 2.13. The summed E-state index contributed by atoms with van der Waals surface area (Å²) in [5.41, 5.74) is 0.749. The minimum Gasteiger partial charge on any atom is -0.349 e. The second-order valence-electron chi connectivity index (χ2n) is 5.44. The number of halogens is 1. The van der Waals surface area contributed by atoms with Crippen LogP contribution in [0.2, 0.25) is 5.02 Å². The van der Waals surface area contributed by atoms with Gasteiger partial charge in [-0.2, -0.15) is 0 Å². The van der Waals surface area contributed by atoms with E-state index in [1.807, 2.05) is 30.5 Å². The van der Waals surface area contributed by atoms with Gasteiger partial charge in [-0.15, -0.1) is 11.3 Å². The van der Waals surface area contributed by atoms with Crippen molar-refractivity contribution in [1.82, 2.24) is 14.9 Å². The lowest BCUT2D eigenvalue weighted by Crippen LogP contribution is -2.29. The molecule has 0 spiro atoms. The van der Waals surface area contributed by atoms with E-state index in [0.29, 0.717) is 21.8 Å². The van der Waals surface area contributed by atoms with Crippen molar-refractivity contribution in [3.8, 4) is 0 Å². The summed E-state index contributed by atoms with van der Waals surface area (Å²) in [6.07, 6.45) is 1.69. The molecule has 0 radical (unpaired) electrons. The van der Waals surface area contributed by atoms with E-state index in [4.69, 9.17) is 11.6 Å². The number of aromatic nitrogens is 2. The van der Waals surface area contributed by atoms with E-state index in [1.165, 1.54) is 22.2 Å². The second-order valence-corrected chi connectivity index (χ2v) is 6.75. The zero-order valence-corrected chi connectivity index (χ0v) is 14.6. The first-order chi connectivity index (χ1) is 11.6. The number of amides is 1. The lowest BCUT2D eigenvalue weighted by Gasteiger charge is -2.16.